The van der Waals surface area contributed by atoms with Gasteiger partial charge >= 0.3 is 5.13 Å². The molecule has 1 aliphatic heterocycles. The lowest BCUT2D eigenvalue weighted by molar-refractivity contribution is -0.627. The summed E-state index contributed by atoms with van der Waals surface area (Å²) in [7, 11) is 1.95. The highest BCUT2D eigenvalue weighted by molar-refractivity contribution is 7.21. The summed E-state index contributed by atoms with van der Waals surface area (Å²) in [6.07, 6.45) is 0. The molecule has 0 saturated carbocycles. The quantitative estimate of drug-likeness (QED) is 0.519. The molecule has 3 aromatic rings. The Hall–Kier alpha value is -2.38. The number of nitrogens with zero attached hydrogens (tertiary/aromatic N) is 3. The SMILES string of the molecule is C[n+]1c(N=Nc2cc3c(cc2O)NCCO3)sc2ccccc21.[Cl-]. The molecule has 0 saturated heterocycles. The van der Waals surface area contributed by atoms with Gasteiger partial charge in [-0.3, -0.25) is 0 Å². The third kappa shape index (κ3) is 2.88. The van der Waals surface area contributed by atoms with Crippen LogP contribution in [0, 0.1) is 0 Å². The first-order chi connectivity index (χ1) is 11.2. The zero-order valence-electron chi connectivity index (χ0n) is 12.9. The zero-order valence-corrected chi connectivity index (χ0v) is 14.4. The lowest BCUT2D eigenvalue weighted by Crippen LogP contribution is -3.00. The molecule has 0 atom stereocenters. The molecule has 2 heterocycles. The highest BCUT2D eigenvalue weighted by Gasteiger charge is 2.18. The van der Waals surface area contributed by atoms with Gasteiger partial charge in [0, 0.05) is 18.7 Å². The van der Waals surface area contributed by atoms with Crippen molar-refractivity contribution in [3.05, 3.63) is 36.4 Å². The monoisotopic (exact) mass is 362 g/mol. The Labute approximate surface area is 148 Å². The average molecular weight is 363 g/mol. The largest absolute Gasteiger partial charge is 1.00 e. The molecule has 0 unspecified atom stereocenters. The third-order valence-electron chi connectivity index (χ3n) is 3.71. The number of nitrogens with one attached hydrogen (secondary N) is 1. The molecule has 2 N–H and O–H groups in total. The van der Waals surface area contributed by atoms with E-state index in [1.165, 1.54) is 0 Å². The number of fused-ring (bicyclic) bond motifs is 2. The molecule has 8 heteroatoms. The van der Waals surface area contributed by atoms with Crippen LogP contribution in [-0.2, 0) is 7.05 Å². The number of rotatable bonds is 2. The number of azo groups is 1. The minimum Gasteiger partial charge on any atom is -1.00 e. The lowest BCUT2D eigenvalue weighted by Gasteiger charge is -2.19. The third-order valence-corrected chi connectivity index (χ3v) is 4.81. The predicted octanol–water partition coefficient (Wildman–Crippen LogP) is 0.655. The van der Waals surface area contributed by atoms with Gasteiger partial charge in [0.05, 0.1) is 22.5 Å². The van der Waals surface area contributed by atoms with Crippen LogP contribution < -0.4 is 27.0 Å². The van der Waals surface area contributed by atoms with E-state index in [1.807, 2.05) is 29.8 Å². The average Bonchev–Trinajstić information content (AvgIpc) is 2.89. The fourth-order valence-electron chi connectivity index (χ4n) is 2.52. The molecule has 6 nitrogen and oxygen atoms in total. The van der Waals surface area contributed by atoms with E-state index in [2.05, 4.69) is 21.6 Å². The van der Waals surface area contributed by atoms with Crippen LogP contribution in [0.15, 0.2) is 46.6 Å². The minimum absolute atomic E-state index is 0. The molecule has 0 bridgehead atoms. The van der Waals surface area contributed by atoms with E-state index in [-0.39, 0.29) is 18.2 Å². The summed E-state index contributed by atoms with van der Waals surface area (Å²) in [6.45, 7) is 1.32. The highest BCUT2D eigenvalue weighted by Crippen LogP contribution is 2.39. The van der Waals surface area contributed by atoms with Gasteiger partial charge in [-0.1, -0.05) is 12.1 Å². The van der Waals surface area contributed by atoms with Gasteiger partial charge in [0.2, 0.25) is 0 Å². The summed E-state index contributed by atoms with van der Waals surface area (Å²) in [4.78, 5) is 0. The van der Waals surface area contributed by atoms with Crippen LogP contribution in [0.4, 0.5) is 16.5 Å². The predicted molar refractivity (Wildman–Crippen MR) is 89.3 cm³/mol. The van der Waals surface area contributed by atoms with Gasteiger partial charge in [0.15, 0.2) is 5.69 Å². The highest BCUT2D eigenvalue weighted by atomic mass is 35.5. The first kappa shape index (κ1) is 16.5. The molecule has 124 valence electrons. The maximum atomic E-state index is 10.1. The van der Waals surface area contributed by atoms with Gasteiger partial charge < -0.3 is 27.6 Å². The van der Waals surface area contributed by atoms with Crippen LogP contribution in [0.5, 0.6) is 11.5 Å². The second kappa shape index (κ2) is 6.62. The van der Waals surface area contributed by atoms with Gasteiger partial charge in [0.25, 0.3) is 0 Å². The smallest absolute Gasteiger partial charge is 0.409 e. The van der Waals surface area contributed by atoms with Crippen molar-refractivity contribution >= 4 is 38.1 Å². The molecule has 24 heavy (non-hydrogen) atoms. The number of aryl methyl sites for hydroxylation is 1. The number of ether oxygens (including phenoxy) is 1. The molecule has 0 amide bonds. The molecular weight excluding hydrogens is 348 g/mol. The number of hydrogen-bond acceptors (Lipinski definition) is 6. The first-order valence-corrected chi connectivity index (χ1v) is 8.07. The summed E-state index contributed by atoms with van der Waals surface area (Å²) in [5.74, 6) is 0.762. The van der Waals surface area contributed by atoms with E-state index in [0.717, 1.165) is 27.6 Å². The number of aromatic nitrogens is 1. The zero-order chi connectivity index (χ0) is 15.8. The maximum absolute atomic E-state index is 10.1. The van der Waals surface area contributed by atoms with Crippen LogP contribution in [0.25, 0.3) is 10.2 Å². The molecule has 1 aliphatic rings. The molecule has 0 aliphatic carbocycles. The second-order valence-electron chi connectivity index (χ2n) is 5.22. The second-order valence-corrected chi connectivity index (χ2v) is 6.23. The van der Waals surface area contributed by atoms with E-state index in [1.54, 1.807) is 23.5 Å². The van der Waals surface area contributed by atoms with E-state index >= 15 is 0 Å². The topological polar surface area (TPSA) is 70.1 Å². The van der Waals surface area contributed by atoms with Crippen molar-refractivity contribution in [3.8, 4) is 11.5 Å². The van der Waals surface area contributed by atoms with Crippen molar-refractivity contribution < 1.29 is 26.8 Å². The van der Waals surface area contributed by atoms with Gasteiger partial charge in [-0.05, 0) is 28.6 Å². The summed E-state index contributed by atoms with van der Waals surface area (Å²) < 4.78 is 8.69. The molecule has 0 radical (unpaired) electrons. The van der Waals surface area contributed by atoms with E-state index < -0.39 is 0 Å². The number of phenolic OH excluding ortho intramolecular Hbond substituents is 1. The number of aromatic hydroxyl groups is 1. The van der Waals surface area contributed by atoms with Crippen LogP contribution in [0.1, 0.15) is 0 Å². The summed E-state index contributed by atoms with van der Waals surface area (Å²) in [6, 6.07) is 11.4. The maximum Gasteiger partial charge on any atom is 0.409 e. The number of phenols is 1. The number of anilines is 1. The Morgan fingerprint density at radius 1 is 1.25 bits per heavy atom. The van der Waals surface area contributed by atoms with Gasteiger partial charge in [-0.15, -0.1) is 0 Å². The molecule has 0 spiro atoms. The number of halogens is 1. The fourth-order valence-corrected chi connectivity index (χ4v) is 3.49. The fraction of sp³-hybridized carbons (Fsp3) is 0.188. The number of benzene rings is 2. The van der Waals surface area contributed by atoms with Crippen molar-refractivity contribution in [1.29, 1.82) is 0 Å². The summed E-state index contributed by atoms with van der Waals surface area (Å²) >= 11 is 1.56. The Morgan fingerprint density at radius 2 is 2.08 bits per heavy atom. The van der Waals surface area contributed by atoms with Crippen LogP contribution in [-0.4, -0.2) is 18.3 Å². The van der Waals surface area contributed by atoms with E-state index in [4.69, 9.17) is 4.74 Å². The van der Waals surface area contributed by atoms with Crippen LogP contribution in [0.2, 0.25) is 0 Å². The number of thiazole rings is 1. The van der Waals surface area contributed by atoms with Crippen molar-refractivity contribution in [2.75, 3.05) is 18.5 Å². The van der Waals surface area contributed by atoms with Crippen molar-refractivity contribution in [1.82, 2.24) is 0 Å². The normalized spacial score (nSPS) is 13.2. The van der Waals surface area contributed by atoms with Gasteiger partial charge in [-0.2, -0.15) is 0 Å². The number of para-hydroxylation sites is 1. The Bertz CT molecular complexity index is 926. The van der Waals surface area contributed by atoms with Crippen LogP contribution >= 0.6 is 11.3 Å². The standard InChI is InChI=1S/C16H14N4O2S.ClH/c1-20-12-4-2-3-5-15(12)23-16(20)19-18-10-9-14-11(8-13(10)21)17-6-7-22-14;/h2-5,8-9H,6-7H2,1H3,(H,17,21);1H. The summed E-state index contributed by atoms with van der Waals surface area (Å²) in [5.41, 5.74) is 2.28. The summed E-state index contributed by atoms with van der Waals surface area (Å²) in [5, 5.41) is 22.5. The van der Waals surface area contributed by atoms with Crippen molar-refractivity contribution in [3.63, 3.8) is 0 Å². The van der Waals surface area contributed by atoms with Crippen molar-refractivity contribution in [2.45, 2.75) is 0 Å². The van der Waals surface area contributed by atoms with Gasteiger partial charge in [0.1, 0.15) is 23.6 Å². The van der Waals surface area contributed by atoms with E-state index in [0.29, 0.717) is 18.0 Å². The van der Waals surface area contributed by atoms with Crippen LogP contribution in [0.3, 0.4) is 0 Å². The minimum atomic E-state index is 0. The Kier molecular flexibility index (Phi) is 4.55. The van der Waals surface area contributed by atoms with Gasteiger partial charge in [-0.25, -0.2) is 4.57 Å². The molecule has 4 rings (SSSR count). The number of hydrogen-bond donors (Lipinski definition) is 2. The Balaban J connectivity index is 0.00000169. The van der Waals surface area contributed by atoms with Crippen molar-refractivity contribution in [2.24, 2.45) is 17.3 Å². The lowest BCUT2D eigenvalue weighted by atomic mass is 10.2. The molecule has 0 fully saturated rings. The molecular formula is C16H15ClN4O2S. The first-order valence-electron chi connectivity index (χ1n) is 7.25. The van der Waals surface area contributed by atoms with E-state index in [9.17, 15) is 5.11 Å². The molecule has 2 aromatic carbocycles. The molecule has 1 aromatic heterocycles. The Morgan fingerprint density at radius 3 is 2.92 bits per heavy atom.